The van der Waals surface area contributed by atoms with E-state index in [1.54, 1.807) is 18.2 Å². The minimum Gasteiger partial charge on any atom is -0.294 e. The molecule has 2 aromatic carbocycles. The number of Topliss-reactive ketones (excluding diaryl/α,β-unsaturated/α-hetero) is 1. The van der Waals surface area contributed by atoms with Crippen LogP contribution in [0.4, 0.5) is 30.7 Å². The van der Waals surface area contributed by atoms with Gasteiger partial charge in [-0.2, -0.15) is 26.3 Å². The molecule has 2 aromatic heterocycles. The van der Waals surface area contributed by atoms with E-state index in [0.29, 0.717) is 17.6 Å². The smallest absolute Gasteiger partial charge is 0.294 e. The highest BCUT2D eigenvalue weighted by molar-refractivity contribution is 5.99. The zero-order chi connectivity index (χ0) is 25.4. The summed E-state index contributed by atoms with van der Waals surface area (Å²) in [6, 6.07) is 11.6. The lowest BCUT2D eigenvalue weighted by atomic mass is 9.85. The first kappa shape index (κ1) is 24.3. The van der Waals surface area contributed by atoms with E-state index in [1.165, 1.54) is 18.3 Å². The van der Waals surface area contributed by atoms with Crippen molar-refractivity contribution in [3.63, 3.8) is 0 Å². The van der Waals surface area contributed by atoms with Gasteiger partial charge in [0.15, 0.2) is 5.78 Å². The number of ketones is 1. The number of carbonyl (C=O) groups excluding carboxylic acids is 1. The molecule has 1 atom stereocenters. The van der Waals surface area contributed by atoms with Gasteiger partial charge in [-0.05, 0) is 42.0 Å². The van der Waals surface area contributed by atoms with Crippen molar-refractivity contribution >= 4 is 16.7 Å². The molecule has 0 radical (unpaired) electrons. The first-order chi connectivity index (χ1) is 16.4. The van der Waals surface area contributed by atoms with Crippen molar-refractivity contribution in [2.45, 2.75) is 24.7 Å². The van der Waals surface area contributed by atoms with Crippen molar-refractivity contribution < 1.29 is 35.5 Å². The fraction of sp³-hybridized carbons (Fsp3) is 0.160. The highest BCUT2D eigenvalue weighted by Gasteiger charge is 2.38. The lowest BCUT2D eigenvalue weighted by molar-refractivity contribution is -0.140. The lowest BCUT2D eigenvalue weighted by Gasteiger charge is -2.21. The Morgan fingerprint density at radius 3 is 2.17 bits per heavy atom. The summed E-state index contributed by atoms with van der Waals surface area (Å²) in [5.41, 5.74) is -2.96. The first-order valence-corrected chi connectivity index (χ1v) is 10.2. The molecule has 3 nitrogen and oxygen atoms in total. The first-order valence-electron chi connectivity index (χ1n) is 10.2. The molecule has 0 saturated carbocycles. The number of nitrogens with zero attached hydrogens (tertiary/aromatic N) is 2. The second kappa shape index (κ2) is 9.09. The molecule has 0 fully saturated rings. The van der Waals surface area contributed by atoms with Crippen LogP contribution in [-0.2, 0) is 12.4 Å². The number of carbonyl (C=O) groups is 1. The Kier molecular flexibility index (Phi) is 6.31. The van der Waals surface area contributed by atoms with E-state index in [2.05, 4.69) is 9.97 Å². The molecular weight excluding hydrogens is 477 g/mol. The van der Waals surface area contributed by atoms with Gasteiger partial charge >= 0.3 is 12.4 Å². The number of hydrogen-bond acceptors (Lipinski definition) is 3. The number of aromatic nitrogens is 2. The summed E-state index contributed by atoms with van der Waals surface area (Å²) in [7, 11) is 0. The van der Waals surface area contributed by atoms with E-state index >= 15 is 0 Å². The number of pyridine rings is 2. The Labute approximate surface area is 194 Å². The molecule has 4 aromatic rings. The standard InChI is InChI=1S/C25H15F7N2O/c26-20-11-15(7-8-18(20)24(27,28)29)17(23-19(25(30,31)32)4-2-10-34-23)13-22(35)16-6-5-14-3-1-9-33-21(14)12-16/h1-12,17H,13H2/t17-/m0/s1. The Morgan fingerprint density at radius 1 is 0.800 bits per heavy atom. The van der Waals surface area contributed by atoms with Gasteiger partial charge in [-0.25, -0.2) is 4.39 Å². The predicted molar refractivity (Wildman–Crippen MR) is 113 cm³/mol. The predicted octanol–water partition coefficient (Wildman–Crippen LogP) is 7.21. The molecule has 0 unspecified atom stereocenters. The fourth-order valence-corrected chi connectivity index (χ4v) is 3.83. The Balaban J connectivity index is 1.81. The van der Waals surface area contributed by atoms with E-state index in [4.69, 9.17) is 0 Å². The van der Waals surface area contributed by atoms with Crippen LogP contribution in [0, 0.1) is 5.82 Å². The molecule has 0 aliphatic rings. The number of benzene rings is 2. The second-order valence-electron chi connectivity index (χ2n) is 7.76. The lowest BCUT2D eigenvalue weighted by Crippen LogP contribution is -2.18. The van der Waals surface area contributed by atoms with E-state index in [1.807, 2.05) is 0 Å². The third-order valence-electron chi connectivity index (χ3n) is 5.49. The zero-order valence-corrected chi connectivity index (χ0v) is 17.7. The average Bonchev–Trinajstić information content (AvgIpc) is 2.80. The Hall–Kier alpha value is -3.82. The minimum atomic E-state index is -4.99. The van der Waals surface area contributed by atoms with Gasteiger partial charge in [-0.3, -0.25) is 14.8 Å². The molecule has 0 spiro atoms. The van der Waals surface area contributed by atoms with Gasteiger partial charge < -0.3 is 0 Å². The van der Waals surface area contributed by atoms with Crippen LogP contribution in [-0.4, -0.2) is 15.8 Å². The van der Waals surface area contributed by atoms with Crippen molar-refractivity contribution in [2.24, 2.45) is 0 Å². The summed E-state index contributed by atoms with van der Waals surface area (Å²) in [5.74, 6) is -3.73. The molecule has 4 rings (SSSR count). The topological polar surface area (TPSA) is 42.9 Å². The third-order valence-corrected chi connectivity index (χ3v) is 5.49. The van der Waals surface area contributed by atoms with Crippen LogP contribution in [0.3, 0.4) is 0 Å². The summed E-state index contributed by atoms with van der Waals surface area (Å²) in [6.07, 6.45) is -7.87. The van der Waals surface area contributed by atoms with E-state index in [-0.39, 0.29) is 11.1 Å². The molecule has 0 saturated heterocycles. The number of halogens is 7. The van der Waals surface area contributed by atoms with Crippen LogP contribution in [0.15, 0.2) is 73.1 Å². The number of rotatable bonds is 5. The van der Waals surface area contributed by atoms with Gasteiger partial charge in [0, 0.05) is 35.7 Å². The maximum absolute atomic E-state index is 14.3. The van der Waals surface area contributed by atoms with E-state index < -0.39 is 53.1 Å². The van der Waals surface area contributed by atoms with Crippen molar-refractivity contribution in [1.82, 2.24) is 9.97 Å². The molecule has 0 aliphatic heterocycles. The van der Waals surface area contributed by atoms with Gasteiger partial charge in [-0.1, -0.05) is 24.3 Å². The minimum absolute atomic E-state index is 0.137. The van der Waals surface area contributed by atoms with Crippen LogP contribution in [0.1, 0.15) is 45.1 Å². The monoisotopic (exact) mass is 492 g/mol. The molecule has 2 heterocycles. The molecule has 180 valence electrons. The van der Waals surface area contributed by atoms with Crippen molar-refractivity contribution in [3.05, 3.63) is 107 Å². The van der Waals surface area contributed by atoms with Crippen LogP contribution < -0.4 is 0 Å². The number of alkyl halides is 6. The van der Waals surface area contributed by atoms with Crippen LogP contribution in [0.2, 0.25) is 0 Å². The number of hydrogen-bond donors (Lipinski definition) is 0. The van der Waals surface area contributed by atoms with Crippen LogP contribution >= 0.6 is 0 Å². The van der Waals surface area contributed by atoms with Crippen molar-refractivity contribution in [2.75, 3.05) is 0 Å². The van der Waals surface area contributed by atoms with E-state index in [9.17, 15) is 35.5 Å². The van der Waals surface area contributed by atoms with Crippen LogP contribution in [0.5, 0.6) is 0 Å². The Morgan fingerprint density at radius 2 is 1.49 bits per heavy atom. The van der Waals surface area contributed by atoms with Gasteiger partial charge in [0.1, 0.15) is 5.82 Å². The van der Waals surface area contributed by atoms with Crippen molar-refractivity contribution in [3.8, 4) is 0 Å². The molecular formula is C25H15F7N2O. The third kappa shape index (κ3) is 5.16. The van der Waals surface area contributed by atoms with Crippen molar-refractivity contribution in [1.29, 1.82) is 0 Å². The number of fused-ring (bicyclic) bond motifs is 1. The SMILES string of the molecule is O=C(C[C@@H](c1ccc(C(F)(F)F)c(F)c1)c1ncccc1C(F)(F)F)c1ccc2cccnc2c1. The summed E-state index contributed by atoms with van der Waals surface area (Å²) in [6.45, 7) is 0. The largest absolute Gasteiger partial charge is 0.419 e. The average molecular weight is 492 g/mol. The summed E-state index contributed by atoms with van der Waals surface area (Å²) >= 11 is 0. The second-order valence-corrected chi connectivity index (χ2v) is 7.76. The fourth-order valence-electron chi connectivity index (χ4n) is 3.83. The molecule has 0 aliphatic carbocycles. The van der Waals surface area contributed by atoms with Gasteiger partial charge in [0.25, 0.3) is 0 Å². The normalized spacial score (nSPS) is 13.1. The van der Waals surface area contributed by atoms with Gasteiger partial charge in [0.2, 0.25) is 0 Å². The molecule has 0 amide bonds. The van der Waals surface area contributed by atoms with E-state index in [0.717, 1.165) is 29.8 Å². The van der Waals surface area contributed by atoms with Crippen LogP contribution in [0.25, 0.3) is 10.9 Å². The maximum Gasteiger partial charge on any atom is 0.419 e. The summed E-state index contributed by atoms with van der Waals surface area (Å²) in [5, 5.41) is 0.731. The molecule has 0 bridgehead atoms. The molecule has 0 N–H and O–H groups in total. The van der Waals surface area contributed by atoms with Gasteiger partial charge in [-0.15, -0.1) is 0 Å². The zero-order valence-electron chi connectivity index (χ0n) is 17.7. The summed E-state index contributed by atoms with van der Waals surface area (Å²) in [4.78, 5) is 21.0. The summed E-state index contributed by atoms with van der Waals surface area (Å²) < 4.78 is 94.5. The van der Waals surface area contributed by atoms with Gasteiger partial charge in [0.05, 0.1) is 22.3 Å². The quantitative estimate of drug-likeness (QED) is 0.218. The molecule has 10 heteroatoms. The maximum atomic E-state index is 14.3. The highest BCUT2D eigenvalue weighted by Crippen LogP contribution is 2.40. The Bertz CT molecular complexity index is 1400. The highest BCUT2D eigenvalue weighted by atomic mass is 19.4. The molecule has 35 heavy (non-hydrogen) atoms.